The van der Waals surface area contributed by atoms with Crippen LogP contribution < -0.4 is 0 Å². The Hall–Kier alpha value is -1.21. The summed E-state index contributed by atoms with van der Waals surface area (Å²) in [6.45, 7) is 13.4. The molecule has 0 aromatic carbocycles. The van der Waals surface area contributed by atoms with Crippen LogP contribution in [0.3, 0.4) is 0 Å². The number of unbranched alkanes of at least 4 members (excludes halogenated alkanes) is 1. The number of hydrogen-bond donors (Lipinski definition) is 0. The lowest BCUT2D eigenvalue weighted by atomic mass is 10.2. The van der Waals surface area contributed by atoms with Crippen LogP contribution in [0.25, 0.3) is 0 Å². The monoisotopic (exact) mass is 232 g/mol. The molecule has 0 amide bonds. The van der Waals surface area contributed by atoms with E-state index in [1.165, 1.54) is 11.8 Å². The van der Waals surface area contributed by atoms with Crippen molar-refractivity contribution in [1.82, 2.24) is 0 Å². The largest absolute Gasteiger partial charge is 0.0980 e. The Morgan fingerprint density at radius 1 is 1.06 bits per heavy atom. The number of thioether (sulfide) groups is 1. The van der Waals surface area contributed by atoms with E-state index in [2.05, 4.69) is 38.0 Å². The Balaban J connectivity index is 3.78. The normalized spacial score (nSPS) is 11.6. The van der Waals surface area contributed by atoms with Crippen molar-refractivity contribution in [1.29, 1.82) is 0 Å². The average molecular weight is 232 g/mol. The van der Waals surface area contributed by atoms with Crippen molar-refractivity contribution < 1.29 is 0 Å². The second kappa shape index (κ2) is 10.3. The van der Waals surface area contributed by atoms with Gasteiger partial charge in [0.25, 0.3) is 0 Å². The van der Waals surface area contributed by atoms with Gasteiger partial charge in [0.1, 0.15) is 0 Å². The predicted octanol–water partition coefficient (Wildman–Crippen LogP) is 5.40. The fourth-order valence-electron chi connectivity index (χ4n) is 0.941. The van der Waals surface area contributed by atoms with E-state index in [0.717, 1.165) is 22.7 Å². The second-order valence-corrected chi connectivity index (χ2v) is 4.43. The molecule has 0 atom stereocenters. The zero-order chi connectivity index (χ0) is 12.2. The Kier molecular flexibility index (Phi) is 9.53. The van der Waals surface area contributed by atoms with Gasteiger partial charge < -0.3 is 0 Å². The van der Waals surface area contributed by atoms with Gasteiger partial charge in [-0.05, 0) is 25.8 Å². The van der Waals surface area contributed by atoms with Gasteiger partial charge in [0.05, 0.1) is 0 Å². The molecule has 1 heteroatoms. The Bertz CT molecular complexity index is 316. The maximum absolute atomic E-state index is 3.91. The molecule has 0 nitrogen and oxygen atoms in total. The van der Waals surface area contributed by atoms with Gasteiger partial charge in [-0.15, -0.1) is 0 Å². The molecular formula is C15H20S. The van der Waals surface area contributed by atoms with E-state index in [9.17, 15) is 0 Å². The third kappa shape index (κ3) is 9.35. The van der Waals surface area contributed by atoms with E-state index in [-0.39, 0.29) is 0 Å². The lowest BCUT2D eigenvalue weighted by Crippen LogP contribution is -1.68. The molecule has 0 aliphatic rings. The van der Waals surface area contributed by atoms with Crippen LogP contribution in [0.1, 0.15) is 19.8 Å². The van der Waals surface area contributed by atoms with Crippen molar-refractivity contribution in [2.24, 2.45) is 0 Å². The van der Waals surface area contributed by atoms with Crippen LogP contribution in [0.15, 0.2) is 72.1 Å². The first-order chi connectivity index (χ1) is 7.70. The standard InChI is InChI=1S/C15H20S/c1-5-7-8-9-10-11-12-13-15(4)16-14(3)6-2/h5-7,10-13H,2-4,8-9H2,1H3/b7-5-,11-10-,13-12-. The van der Waals surface area contributed by atoms with E-state index in [0.29, 0.717) is 0 Å². The molecule has 0 bridgehead atoms. The molecule has 0 spiro atoms. The minimum absolute atomic E-state index is 0.923. The van der Waals surface area contributed by atoms with E-state index >= 15 is 0 Å². The highest BCUT2D eigenvalue weighted by atomic mass is 32.2. The van der Waals surface area contributed by atoms with E-state index in [4.69, 9.17) is 0 Å². The fraction of sp³-hybridized carbons (Fsp3) is 0.200. The molecule has 16 heavy (non-hydrogen) atoms. The molecule has 86 valence electrons. The highest BCUT2D eigenvalue weighted by Crippen LogP contribution is 2.23. The van der Waals surface area contributed by atoms with Gasteiger partial charge >= 0.3 is 0 Å². The summed E-state index contributed by atoms with van der Waals surface area (Å²) in [7, 11) is 0. The maximum Gasteiger partial charge on any atom is 0.00497 e. The molecule has 0 saturated carbocycles. The van der Waals surface area contributed by atoms with Crippen molar-refractivity contribution in [2.45, 2.75) is 19.8 Å². The summed E-state index contributed by atoms with van der Waals surface area (Å²) in [4.78, 5) is 1.90. The number of hydrogen-bond acceptors (Lipinski definition) is 1. The smallest absolute Gasteiger partial charge is 0.00497 e. The van der Waals surface area contributed by atoms with Gasteiger partial charge in [-0.3, -0.25) is 0 Å². The van der Waals surface area contributed by atoms with Crippen molar-refractivity contribution in [3.8, 4) is 0 Å². The lowest BCUT2D eigenvalue weighted by Gasteiger charge is -1.97. The molecule has 0 saturated heterocycles. The van der Waals surface area contributed by atoms with Crippen LogP contribution in [0.2, 0.25) is 0 Å². The molecule has 0 heterocycles. The lowest BCUT2D eigenvalue weighted by molar-refractivity contribution is 1.05. The number of allylic oxidation sites excluding steroid dienone is 7. The Labute approximate surface area is 104 Å². The van der Waals surface area contributed by atoms with Crippen molar-refractivity contribution in [2.75, 3.05) is 0 Å². The summed E-state index contributed by atoms with van der Waals surface area (Å²) < 4.78 is 0. The first kappa shape index (κ1) is 14.8. The molecule has 0 aliphatic carbocycles. The Morgan fingerprint density at radius 3 is 2.38 bits per heavy atom. The third-order valence-electron chi connectivity index (χ3n) is 1.75. The van der Waals surface area contributed by atoms with Gasteiger partial charge in [0.15, 0.2) is 0 Å². The Morgan fingerprint density at radius 2 is 1.75 bits per heavy atom. The molecular weight excluding hydrogens is 212 g/mol. The molecule has 0 aromatic rings. The summed E-state index contributed by atoms with van der Waals surface area (Å²) in [5.41, 5.74) is 0. The molecule has 0 radical (unpaired) electrons. The SMILES string of the molecule is C=CC(=C)SC(=C)/C=C\C=C/CC/C=C\C. The highest BCUT2D eigenvalue weighted by molar-refractivity contribution is 8.07. The summed E-state index contributed by atoms with van der Waals surface area (Å²) >= 11 is 1.53. The number of rotatable bonds is 8. The quantitative estimate of drug-likeness (QED) is 0.307. The van der Waals surface area contributed by atoms with Gasteiger partial charge in [-0.2, -0.15) is 0 Å². The third-order valence-corrected chi connectivity index (χ3v) is 2.58. The van der Waals surface area contributed by atoms with Crippen molar-refractivity contribution in [3.63, 3.8) is 0 Å². The molecule has 0 rings (SSSR count). The van der Waals surface area contributed by atoms with Gasteiger partial charge in [0.2, 0.25) is 0 Å². The highest BCUT2D eigenvalue weighted by Gasteiger charge is 1.89. The zero-order valence-electron chi connectivity index (χ0n) is 9.99. The van der Waals surface area contributed by atoms with E-state index in [1.807, 2.05) is 25.2 Å². The molecule has 0 N–H and O–H groups in total. The molecule has 0 fully saturated rings. The first-order valence-corrected chi connectivity index (χ1v) is 6.14. The van der Waals surface area contributed by atoms with Gasteiger partial charge in [-0.25, -0.2) is 0 Å². The zero-order valence-corrected chi connectivity index (χ0v) is 10.8. The van der Waals surface area contributed by atoms with Gasteiger partial charge in [-0.1, -0.05) is 68.0 Å². The second-order valence-electron chi connectivity index (χ2n) is 3.17. The van der Waals surface area contributed by atoms with Gasteiger partial charge in [0, 0.05) is 9.81 Å². The minimum Gasteiger partial charge on any atom is -0.0980 e. The summed E-state index contributed by atoms with van der Waals surface area (Å²) in [5, 5.41) is 0. The van der Waals surface area contributed by atoms with Crippen LogP contribution in [-0.2, 0) is 0 Å². The predicted molar refractivity (Wildman–Crippen MR) is 78.4 cm³/mol. The van der Waals surface area contributed by atoms with Crippen LogP contribution in [-0.4, -0.2) is 0 Å². The summed E-state index contributed by atoms with van der Waals surface area (Å²) in [6.07, 6.45) is 16.3. The van der Waals surface area contributed by atoms with Crippen molar-refractivity contribution >= 4 is 11.8 Å². The van der Waals surface area contributed by atoms with Crippen LogP contribution >= 0.6 is 11.8 Å². The minimum atomic E-state index is 0.923. The van der Waals surface area contributed by atoms with Crippen LogP contribution in [0.5, 0.6) is 0 Å². The topological polar surface area (TPSA) is 0 Å². The molecule has 0 aromatic heterocycles. The molecule has 0 aliphatic heterocycles. The van der Waals surface area contributed by atoms with E-state index < -0.39 is 0 Å². The maximum atomic E-state index is 3.91. The van der Waals surface area contributed by atoms with Crippen molar-refractivity contribution in [3.05, 3.63) is 72.1 Å². The summed E-state index contributed by atoms with van der Waals surface area (Å²) in [5.74, 6) is 0. The first-order valence-electron chi connectivity index (χ1n) is 5.33. The van der Waals surface area contributed by atoms with E-state index in [1.54, 1.807) is 6.08 Å². The average Bonchev–Trinajstić information content (AvgIpc) is 2.27. The van der Waals surface area contributed by atoms with Crippen LogP contribution in [0.4, 0.5) is 0 Å². The summed E-state index contributed by atoms with van der Waals surface area (Å²) in [6, 6.07) is 0. The molecule has 0 unspecified atom stereocenters. The van der Waals surface area contributed by atoms with Crippen LogP contribution in [0, 0.1) is 0 Å². The fourth-order valence-corrected chi connectivity index (χ4v) is 1.51.